The van der Waals surface area contributed by atoms with Gasteiger partial charge in [0.05, 0.1) is 5.54 Å². The quantitative estimate of drug-likeness (QED) is 0.832. The Balaban J connectivity index is 1.76. The summed E-state index contributed by atoms with van der Waals surface area (Å²) in [4.78, 5) is 14.8. The summed E-state index contributed by atoms with van der Waals surface area (Å²) in [6, 6.07) is 12.4. The SMILES string of the molecule is O=C(C(O)C1(c2ccccc2)C=C(c2cc(F)ccc2F)CN1)N1CCCCC1. The molecule has 152 valence electrons. The molecule has 1 fully saturated rings. The zero-order valence-electron chi connectivity index (χ0n) is 16.1. The molecule has 6 heteroatoms. The van der Waals surface area contributed by atoms with E-state index in [1.807, 2.05) is 30.3 Å². The van der Waals surface area contributed by atoms with Crippen molar-refractivity contribution in [2.45, 2.75) is 30.9 Å². The number of nitrogens with one attached hydrogen (secondary N) is 1. The van der Waals surface area contributed by atoms with Crippen LogP contribution in [0.15, 0.2) is 54.6 Å². The highest BCUT2D eigenvalue weighted by molar-refractivity contribution is 5.85. The zero-order valence-corrected chi connectivity index (χ0v) is 16.1. The number of likely N-dealkylation sites (tertiary alicyclic amines) is 1. The van der Waals surface area contributed by atoms with E-state index in [1.165, 1.54) is 0 Å². The van der Waals surface area contributed by atoms with E-state index >= 15 is 0 Å². The first kappa shape index (κ1) is 19.7. The maximum Gasteiger partial charge on any atom is 0.254 e. The number of benzene rings is 2. The molecule has 2 atom stereocenters. The van der Waals surface area contributed by atoms with Crippen molar-refractivity contribution in [1.82, 2.24) is 10.2 Å². The third-order valence-corrected chi connectivity index (χ3v) is 5.83. The summed E-state index contributed by atoms with van der Waals surface area (Å²) in [5, 5.41) is 14.4. The zero-order chi connectivity index (χ0) is 20.4. The number of hydrogen-bond acceptors (Lipinski definition) is 3. The number of piperidine rings is 1. The monoisotopic (exact) mass is 398 g/mol. The van der Waals surface area contributed by atoms with Gasteiger partial charge in [-0.2, -0.15) is 0 Å². The number of halogens is 2. The first-order valence-corrected chi connectivity index (χ1v) is 9.96. The van der Waals surface area contributed by atoms with E-state index in [2.05, 4.69) is 5.32 Å². The van der Waals surface area contributed by atoms with Crippen LogP contribution in [0.3, 0.4) is 0 Å². The van der Waals surface area contributed by atoms with E-state index in [0.29, 0.717) is 24.2 Å². The summed E-state index contributed by atoms with van der Waals surface area (Å²) >= 11 is 0. The van der Waals surface area contributed by atoms with Crippen LogP contribution < -0.4 is 5.32 Å². The van der Waals surface area contributed by atoms with Gasteiger partial charge in [0.15, 0.2) is 6.10 Å². The van der Waals surface area contributed by atoms with Crippen LogP contribution in [0.25, 0.3) is 5.57 Å². The fraction of sp³-hybridized carbons (Fsp3) is 0.348. The van der Waals surface area contributed by atoms with Crippen molar-refractivity contribution in [3.63, 3.8) is 0 Å². The van der Waals surface area contributed by atoms with Crippen molar-refractivity contribution in [2.75, 3.05) is 19.6 Å². The number of aliphatic hydroxyl groups is 1. The summed E-state index contributed by atoms with van der Waals surface area (Å²) in [6.07, 6.45) is 3.20. The molecule has 2 aliphatic heterocycles. The van der Waals surface area contributed by atoms with Gasteiger partial charge in [0.2, 0.25) is 0 Å². The summed E-state index contributed by atoms with van der Waals surface area (Å²) in [6.45, 7) is 1.45. The lowest BCUT2D eigenvalue weighted by atomic mass is 9.83. The third-order valence-electron chi connectivity index (χ3n) is 5.83. The minimum Gasteiger partial charge on any atom is -0.381 e. The summed E-state index contributed by atoms with van der Waals surface area (Å²) < 4.78 is 28.1. The van der Waals surface area contributed by atoms with Gasteiger partial charge < -0.3 is 10.0 Å². The van der Waals surface area contributed by atoms with Gasteiger partial charge in [-0.3, -0.25) is 10.1 Å². The number of carbonyl (C=O) groups is 1. The van der Waals surface area contributed by atoms with Gasteiger partial charge in [0.1, 0.15) is 11.6 Å². The number of rotatable bonds is 4. The minimum atomic E-state index is -1.38. The fourth-order valence-corrected chi connectivity index (χ4v) is 4.25. The van der Waals surface area contributed by atoms with Gasteiger partial charge in [0.25, 0.3) is 5.91 Å². The molecular weight excluding hydrogens is 374 g/mol. The maximum atomic E-state index is 14.4. The van der Waals surface area contributed by atoms with Crippen LogP contribution in [0.1, 0.15) is 30.4 Å². The number of carbonyl (C=O) groups excluding carboxylic acids is 1. The second-order valence-corrected chi connectivity index (χ2v) is 7.67. The molecule has 2 aromatic rings. The van der Waals surface area contributed by atoms with Gasteiger partial charge in [-0.15, -0.1) is 0 Å². The maximum absolute atomic E-state index is 14.4. The summed E-state index contributed by atoms with van der Waals surface area (Å²) in [7, 11) is 0. The van der Waals surface area contributed by atoms with Crippen molar-refractivity contribution in [3.05, 3.63) is 77.4 Å². The lowest BCUT2D eigenvalue weighted by Crippen LogP contribution is -2.56. The smallest absolute Gasteiger partial charge is 0.254 e. The minimum absolute atomic E-state index is 0.132. The van der Waals surface area contributed by atoms with E-state index in [9.17, 15) is 18.7 Å². The highest BCUT2D eigenvalue weighted by Crippen LogP contribution is 2.37. The number of amides is 1. The van der Waals surface area contributed by atoms with Crippen molar-refractivity contribution in [2.24, 2.45) is 0 Å². The molecule has 0 aliphatic carbocycles. The van der Waals surface area contributed by atoms with Crippen molar-refractivity contribution < 1.29 is 18.7 Å². The molecule has 0 aromatic heterocycles. The Morgan fingerprint density at radius 3 is 2.52 bits per heavy atom. The first-order valence-electron chi connectivity index (χ1n) is 9.96. The van der Waals surface area contributed by atoms with E-state index in [-0.39, 0.29) is 18.0 Å². The van der Waals surface area contributed by atoms with E-state index < -0.39 is 23.3 Å². The van der Waals surface area contributed by atoms with Crippen LogP contribution in [0.2, 0.25) is 0 Å². The van der Waals surface area contributed by atoms with E-state index in [4.69, 9.17) is 0 Å². The lowest BCUT2D eigenvalue weighted by Gasteiger charge is -2.37. The highest BCUT2D eigenvalue weighted by atomic mass is 19.1. The molecule has 4 rings (SSSR count). The Kier molecular flexibility index (Phi) is 5.48. The Morgan fingerprint density at radius 2 is 1.79 bits per heavy atom. The van der Waals surface area contributed by atoms with Crippen molar-refractivity contribution in [3.8, 4) is 0 Å². The predicted molar refractivity (Wildman–Crippen MR) is 107 cm³/mol. The number of hydrogen-bond donors (Lipinski definition) is 2. The Hall–Kier alpha value is -2.57. The number of nitrogens with zero attached hydrogens (tertiary/aromatic N) is 1. The molecule has 0 bridgehead atoms. The molecule has 2 aliphatic rings. The predicted octanol–water partition coefficient (Wildman–Crippen LogP) is 3.22. The molecule has 2 heterocycles. The highest BCUT2D eigenvalue weighted by Gasteiger charge is 2.46. The Bertz CT molecular complexity index is 926. The largest absolute Gasteiger partial charge is 0.381 e. The van der Waals surface area contributed by atoms with Crippen molar-refractivity contribution in [1.29, 1.82) is 0 Å². The molecule has 4 nitrogen and oxygen atoms in total. The Labute approximate surface area is 168 Å². The van der Waals surface area contributed by atoms with E-state index in [1.54, 1.807) is 11.0 Å². The van der Waals surface area contributed by atoms with Crippen LogP contribution in [0.5, 0.6) is 0 Å². The first-order chi connectivity index (χ1) is 14.0. The van der Waals surface area contributed by atoms with Gasteiger partial charge in [-0.25, -0.2) is 8.78 Å². The molecule has 2 N–H and O–H groups in total. The molecule has 0 spiro atoms. The number of aliphatic hydroxyl groups excluding tert-OH is 1. The molecule has 29 heavy (non-hydrogen) atoms. The van der Waals surface area contributed by atoms with E-state index in [0.717, 1.165) is 37.5 Å². The van der Waals surface area contributed by atoms with Crippen LogP contribution in [-0.4, -0.2) is 41.7 Å². The summed E-state index contributed by atoms with van der Waals surface area (Å²) in [5.41, 5.74) is 0.137. The second kappa shape index (κ2) is 8.05. The van der Waals surface area contributed by atoms with Gasteiger partial charge in [-0.05, 0) is 48.6 Å². The second-order valence-electron chi connectivity index (χ2n) is 7.67. The molecule has 1 saturated heterocycles. The van der Waals surface area contributed by atoms with Crippen LogP contribution in [0, 0.1) is 11.6 Å². The average molecular weight is 398 g/mol. The third kappa shape index (κ3) is 3.70. The standard InChI is InChI=1S/C23H24F2N2O2/c24-18-9-10-20(25)19(13-18)16-14-23(26-15-16,17-7-3-1-4-8-17)21(28)22(29)27-11-5-2-6-12-27/h1,3-4,7-10,13-14,21,26,28H,2,5-6,11-12,15H2. The molecule has 2 unspecified atom stereocenters. The summed E-state index contributed by atoms with van der Waals surface area (Å²) in [5.74, 6) is -1.43. The Morgan fingerprint density at radius 1 is 1.07 bits per heavy atom. The molecule has 2 aromatic carbocycles. The normalized spacial score (nSPS) is 23.0. The van der Waals surface area contributed by atoms with Crippen LogP contribution in [-0.2, 0) is 10.3 Å². The van der Waals surface area contributed by atoms with Gasteiger partial charge >= 0.3 is 0 Å². The van der Waals surface area contributed by atoms with Crippen LogP contribution >= 0.6 is 0 Å². The van der Waals surface area contributed by atoms with Gasteiger partial charge in [-0.1, -0.05) is 36.4 Å². The molecule has 0 radical (unpaired) electrons. The fourth-order valence-electron chi connectivity index (χ4n) is 4.25. The average Bonchev–Trinajstić information content (AvgIpc) is 3.22. The lowest BCUT2D eigenvalue weighted by molar-refractivity contribution is -0.144. The van der Waals surface area contributed by atoms with Crippen molar-refractivity contribution >= 4 is 11.5 Å². The van der Waals surface area contributed by atoms with Crippen LogP contribution in [0.4, 0.5) is 8.78 Å². The molecule has 0 saturated carbocycles. The topological polar surface area (TPSA) is 52.6 Å². The molecule has 1 amide bonds. The van der Waals surface area contributed by atoms with Gasteiger partial charge in [0, 0.05) is 25.2 Å². The molecular formula is C23H24F2N2O2.